The van der Waals surface area contributed by atoms with Crippen molar-refractivity contribution in [2.45, 2.75) is 13.1 Å². The number of thiazole rings is 1. The Morgan fingerprint density at radius 3 is 2.94 bits per heavy atom. The van der Waals surface area contributed by atoms with Gasteiger partial charge in [0.2, 0.25) is 0 Å². The molecule has 0 fully saturated rings. The highest BCUT2D eigenvalue weighted by Gasteiger charge is 2.01. The number of rotatable bonds is 4. The van der Waals surface area contributed by atoms with Crippen LogP contribution in [0.1, 0.15) is 10.6 Å². The van der Waals surface area contributed by atoms with E-state index in [4.69, 9.17) is 11.6 Å². The predicted octanol–water partition coefficient (Wildman–Crippen LogP) is 3.23. The van der Waals surface area contributed by atoms with Gasteiger partial charge in [0.15, 0.2) is 0 Å². The van der Waals surface area contributed by atoms with E-state index in [1.54, 1.807) is 29.7 Å². The lowest BCUT2D eigenvalue weighted by Gasteiger charge is -2.03. The number of hydrogen-bond acceptors (Lipinski definition) is 3. The van der Waals surface area contributed by atoms with Crippen LogP contribution in [0.2, 0.25) is 5.02 Å². The van der Waals surface area contributed by atoms with Crippen LogP contribution in [0.25, 0.3) is 0 Å². The van der Waals surface area contributed by atoms with Crippen molar-refractivity contribution >= 4 is 22.9 Å². The van der Waals surface area contributed by atoms with Crippen molar-refractivity contribution in [2.24, 2.45) is 0 Å². The van der Waals surface area contributed by atoms with Crippen LogP contribution in [-0.4, -0.2) is 4.98 Å². The van der Waals surface area contributed by atoms with Crippen LogP contribution in [0.3, 0.4) is 0 Å². The third-order valence-electron chi connectivity index (χ3n) is 2.07. The first-order valence-electron chi connectivity index (χ1n) is 4.79. The third-order valence-corrected chi connectivity index (χ3v) is 3.16. The first kappa shape index (κ1) is 11.5. The molecule has 1 aromatic carbocycles. The number of halogens is 2. The lowest BCUT2D eigenvalue weighted by atomic mass is 10.2. The Bertz CT molecular complexity index is 459. The second-order valence-electron chi connectivity index (χ2n) is 3.28. The Balaban J connectivity index is 1.87. The molecule has 1 N–H and O–H groups in total. The lowest BCUT2D eigenvalue weighted by molar-refractivity contribution is 0.620. The van der Waals surface area contributed by atoms with E-state index in [0.29, 0.717) is 13.1 Å². The molecule has 0 aliphatic carbocycles. The molecule has 2 aromatic rings. The zero-order valence-corrected chi connectivity index (χ0v) is 9.98. The highest BCUT2D eigenvalue weighted by molar-refractivity contribution is 7.09. The van der Waals surface area contributed by atoms with Crippen LogP contribution in [0.4, 0.5) is 4.39 Å². The number of benzene rings is 1. The van der Waals surface area contributed by atoms with Crippen LogP contribution in [-0.2, 0) is 13.1 Å². The lowest BCUT2D eigenvalue weighted by Crippen LogP contribution is -2.12. The van der Waals surface area contributed by atoms with Crippen LogP contribution >= 0.6 is 22.9 Å². The summed E-state index contributed by atoms with van der Waals surface area (Å²) >= 11 is 7.19. The Hall–Kier alpha value is -0.970. The maximum atomic E-state index is 13.1. The molecule has 0 radical (unpaired) electrons. The number of aromatic nitrogens is 1. The van der Waals surface area contributed by atoms with Crippen LogP contribution in [0.5, 0.6) is 0 Å². The Morgan fingerprint density at radius 2 is 2.25 bits per heavy atom. The highest BCUT2D eigenvalue weighted by Crippen LogP contribution is 2.15. The number of nitrogens with zero attached hydrogens (tertiary/aromatic N) is 1. The third kappa shape index (κ3) is 3.01. The van der Waals surface area contributed by atoms with E-state index in [1.165, 1.54) is 6.07 Å². The minimum absolute atomic E-state index is 0.156. The first-order valence-corrected chi connectivity index (χ1v) is 6.04. The second kappa shape index (κ2) is 5.39. The van der Waals surface area contributed by atoms with E-state index in [0.717, 1.165) is 10.6 Å². The van der Waals surface area contributed by atoms with E-state index < -0.39 is 0 Å². The quantitative estimate of drug-likeness (QED) is 0.909. The number of hydrogen-bond donors (Lipinski definition) is 1. The summed E-state index contributed by atoms with van der Waals surface area (Å²) in [5.41, 5.74) is 0.874. The summed E-state index contributed by atoms with van der Waals surface area (Å²) < 4.78 is 13.1. The Morgan fingerprint density at radius 1 is 1.38 bits per heavy atom. The maximum Gasteiger partial charge on any atom is 0.142 e. The topological polar surface area (TPSA) is 24.9 Å². The molecule has 0 aliphatic rings. The van der Waals surface area contributed by atoms with E-state index in [-0.39, 0.29) is 10.8 Å². The summed E-state index contributed by atoms with van der Waals surface area (Å²) in [7, 11) is 0. The summed E-state index contributed by atoms with van der Waals surface area (Å²) in [4.78, 5) is 4.14. The van der Waals surface area contributed by atoms with Crippen molar-refractivity contribution in [1.29, 1.82) is 0 Å². The molecule has 1 heterocycles. The van der Waals surface area contributed by atoms with Gasteiger partial charge in [-0.2, -0.15) is 0 Å². The minimum Gasteiger partial charge on any atom is -0.306 e. The fourth-order valence-corrected chi connectivity index (χ4v) is 2.01. The van der Waals surface area contributed by atoms with Crippen molar-refractivity contribution in [3.63, 3.8) is 0 Å². The average molecular weight is 257 g/mol. The van der Waals surface area contributed by atoms with Crippen molar-refractivity contribution in [2.75, 3.05) is 0 Å². The molecule has 0 saturated carbocycles. The first-order chi connectivity index (χ1) is 7.75. The van der Waals surface area contributed by atoms with Crippen molar-refractivity contribution in [1.82, 2.24) is 10.3 Å². The van der Waals surface area contributed by atoms with Crippen LogP contribution in [0, 0.1) is 5.82 Å². The van der Waals surface area contributed by atoms with Gasteiger partial charge in [0.25, 0.3) is 0 Å². The Kier molecular flexibility index (Phi) is 3.88. The fourth-order valence-electron chi connectivity index (χ4n) is 1.30. The summed E-state index contributed by atoms with van der Waals surface area (Å²) in [5.74, 6) is -0.379. The van der Waals surface area contributed by atoms with Gasteiger partial charge in [0, 0.05) is 24.7 Å². The van der Waals surface area contributed by atoms with Gasteiger partial charge in [-0.15, -0.1) is 11.3 Å². The van der Waals surface area contributed by atoms with Crippen LogP contribution in [0.15, 0.2) is 29.8 Å². The van der Waals surface area contributed by atoms with Crippen molar-refractivity contribution in [3.8, 4) is 0 Å². The van der Waals surface area contributed by atoms with Gasteiger partial charge in [0.05, 0.1) is 5.02 Å². The molecular formula is C11H10ClFN2S. The summed E-state index contributed by atoms with van der Waals surface area (Å²) in [6, 6.07) is 4.81. The monoisotopic (exact) mass is 256 g/mol. The van der Waals surface area contributed by atoms with Gasteiger partial charge in [-0.3, -0.25) is 0 Å². The molecule has 0 aliphatic heterocycles. The fraction of sp³-hybridized carbons (Fsp3) is 0.182. The standard InChI is InChI=1S/C11H10ClFN2S/c12-9-2-1-8(5-10(9)13)6-14-7-11-15-3-4-16-11/h1-5,14H,6-7H2. The Labute approximate surface area is 102 Å². The van der Waals surface area contributed by atoms with E-state index in [9.17, 15) is 4.39 Å². The van der Waals surface area contributed by atoms with Gasteiger partial charge in [-0.05, 0) is 17.7 Å². The molecule has 5 heteroatoms. The molecule has 16 heavy (non-hydrogen) atoms. The molecule has 0 bridgehead atoms. The molecular weight excluding hydrogens is 247 g/mol. The van der Waals surface area contributed by atoms with E-state index in [1.807, 2.05) is 5.38 Å². The molecule has 0 atom stereocenters. The van der Waals surface area contributed by atoms with Gasteiger partial charge in [0.1, 0.15) is 10.8 Å². The minimum atomic E-state index is -0.379. The molecule has 0 saturated heterocycles. The zero-order chi connectivity index (χ0) is 11.4. The van der Waals surface area contributed by atoms with Crippen molar-refractivity contribution < 1.29 is 4.39 Å². The molecule has 84 valence electrons. The van der Waals surface area contributed by atoms with Gasteiger partial charge in [-0.1, -0.05) is 17.7 Å². The second-order valence-corrected chi connectivity index (χ2v) is 4.66. The van der Waals surface area contributed by atoms with E-state index in [2.05, 4.69) is 10.3 Å². The molecule has 1 aromatic heterocycles. The molecule has 0 unspecified atom stereocenters. The van der Waals surface area contributed by atoms with Gasteiger partial charge < -0.3 is 5.32 Å². The SMILES string of the molecule is Fc1cc(CNCc2nccs2)ccc1Cl. The van der Waals surface area contributed by atoms with Crippen LogP contribution < -0.4 is 5.32 Å². The summed E-state index contributed by atoms with van der Waals surface area (Å²) in [6.45, 7) is 1.30. The predicted molar refractivity (Wildman–Crippen MR) is 64.1 cm³/mol. The van der Waals surface area contributed by atoms with E-state index >= 15 is 0 Å². The maximum absolute atomic E-state index is 13.1. The average Bonchev–Trinajstić information content (AvgIpc) is 2.76. The van der Waals surface area contributed by atoms with Gasteiger partial charge in [-0.25, -0.2) is 9.37 Å². The number of nitrogens with one attached hydrogen (secondary N) is 1. The van der Waals surface area contributed by atoms with Gasteiger partial charge >= 0.3 is 0 Å². The molecule has 2 rings (SSSR count). The molecule has 0 spiro atoms. The zero-order valence-electron chi connectivity index (χ0n) is 8.41. The largest absolute Gasteiger partial charge is 0.306 e. The smallest absolute Gasteiger partial charge is 0.142 e. The molecule has 0 amide bonds. The summed E-state index contributed by atoms with van der Waals surface area (Å²) in [5, 5.41) is 6.30. The molecule has 2 nitrogen and oxygen atoms in total. The highest BCUT2D eigenvalue weighted by atomic mass is 35.5. The normalized spacial score (nSPS) is 10.6. The van der Waals surface area contributed by atoms with Crippen molar-refractivity contribution in [3.05, 3.63) is 51.2 Å². The summed E-state index contributed by atoms with van der Waals surface area (Å²) in [6.07, 6.45) is 1.77.